The zero-order chi connectivity index (χ0) is 14.1. The van der Waals surface area contributed by atoms with Gasteiger partial charge >= 0.3 is 12.1 Å². The van der Waals surface area contributed by atoms with Crippen LogP contribution in [0.2, 0.25) is 0 Å². The van der Waals surface area contributed by atoms with Crippen molar-refractivity contribution < 1.29 is 24.2 Å². The van der Waals surface area contributed by atoms with Crippen molar-refractivity contribution in [3.8, 4) is 0 Å². The molecule has 0 aliphatic rings. The molecule has 0 saturated heterocycles. The number of ether oxygens (including phenoxy) is 2. The van der Waals surface area contributed by atoms with E-state index >= 15 is 0 Å². The van der Waals surface area contributed by atoms with Crippen molar-refractivity contribution in [1.82, 2.24) is 5.32 Å². The third-order valence-electron chi connectivity index (χ3n) is 2.41. The maximum atomic E-state index is 11.5. The summed E-state index contributed by atoms with van der Waals surface area (Å²) in [6.07, 6.45) is -0.652. The van der Waals surface area contributed by atoms with Gasteiger partial charge in [0.2, 0.25) is 0 Å². The van der Waals surface area contributed by atoms with Gasteiger partial charge in [0.15, 0.2) is 0 Å². The summed E-state index contributed by atoms with van der Waals surface area (Å²) in [5.41, 5.74) is 0.842. The minimum absolute atomic E-state index is 0.0765. The molecule has 0 radical (unpaired) electrons. The van der Waals surface area contributed by atoms with E-state index in [9.17, 15) is 9.59 Å². The SMILES string of the molecule is COC(=O)[C@H](CCO)NC(=O)OCc1ccccc1. The van der Waals surface area contributed by atoms with Gasteiger partial charge in [0.05, 0.1) is 7.11 Å². The molecule has 1 amide bonds. The zero-order valence-corrected chi connectivity index (χ0v) is 10.7. The first-order valence-corrected chi connectivity index (χ1v) is 5.83. The zero-order valence-electron chi connectivity index (χ0n) is 10.7. The molecule has 1 atom stereocenters. The summed E-state index contributed by atoms with van der Waals surface area (Å²) in [5, 5.41) is 11.1. The largest absolute Gasteiger partial charge is 0.467 e. The highest BCUT2D eigenvalue weighted by molar-refractivity contribution is 5.81. The molecular formula is C13H17NO5. The Labute approximate surface area is 111 Å². The van der Waals surface area contributed by atoms with Crippen LogP contribution in [0, 0.1) is 0 Å². The Hall–Kier alpha value is -2.08. The number of carbonyl (C=O) groups is 2. The lowest BCUT2D eigenvalue weighted by Gasteiger charge is -2.15. The van der Waals surface area contributed by atoms with E-state index in [1.807, 2.05) is 30.3 Å². The number of methoxy groups -OCH3 is 1. The predicted octanol–water partition coefficient (Wildman–Crippen LogP) is 0.837. The van der Waals surface area contributed by atoms with Crippen LogP contribution in [0.15, 0.2) is 30.3 Å². The second-order valence-electron chi connectivity index (χ2n) is 3.79. The topological polar surface area (TPSA) is 84.9 Å². The van der Waals surface area contributed by atoms with E-state index in [1.54, 1.807) is 0 Å². The number of alkyl carbamates (subject to hydrolysis) is 1. The van der Waals surface area contributed by atoms with E-state index in [4.69, 9.17) is 9.84 Å². The molecule has 1 rings (SSSR count). The second-order valence-corrected chi connectivity index (χ2v) is 3.79. The van der Waals surface area contributed by atoms with Crippen LogP contribution in [-0.2, 0) is 20.9 Å². The van der Waals surface area contributed by atoms with Crippen molar-refractivity contribution in [3.63, 3.8) is 0 Å². The van der Waals surface area contributed by atoms with E-state index in [1.165, 1.54) is 7.11 Å². The van der Waals surface area contributed by atoms with Gasteiger partial charge in [-0.3, -0.25) is 0 Å². The molecule has 19 heavy (non-hydrogen) atoms. The van der Waals surface area contributed by atoms with Crippen molar-refractivity contribution in [2.75, 3.05) is 13.7 Å². The summed E-state index contributed by atoms with van der Waals surface area (Å²) in [6.45, 7) is -0.127. The minimum Gasteiger partial charge on any atom is -0.467 e. The Morgan fingerprint density at radius 3 is 2.58 bits per heavy atom. The Morgan fingerprint density at radius 1 is 1.32 bits per heavy atom. The maximum Gasteiger partial charge on any atom is 0.408 e. The molecule has 0 aliphatic heterocycles. The van der Waals surface area contributed by atoms with Gasteiger partial charge in [-0.15, -0.1) is 0 Å². The van der Waals surface area contributed by atoms with Crippen molar-refractivity contribution in [2.45, 2.75) is 19.1 Å². The third kappa shape index (κ3) is 5.39. The van der Waals surface area contributed by atoms with Gasteiger partial charge in [0.25, 0.3) is 0 Å². The van der Waals surface area contributed by atoms with Crippen LogP contribution in [0.3, 0.4) is 0 Å². The van der Waals surface area contributed by atoms with Crippen molar-refractivity contribution >= 4 is 12.1 Å². The molecule has 0 unspecified atom stereocenters. The number of carbonyl (C=O) groups excluding carboxylic acids is 2. The van der Waals surface area contributed by atoms with E-state index in [0.717, 1.165) is 5.56 Å². The minimum atomic E-state index is -0.904. The standard InChI is InChI=1S/C13H17NO5/c1-18-12(16)11(7-8-15)14-13(17)19-9-10-5-3-2-4-6-10/h2-6,11,15H,7-9H2,1H3,(H,14,17)/t11-/m0/s1. The number of amides is 1. The maximum absolute atomic E-state index is 11.5. The highest BCUT2D eigenvalue weighted by Gasteiger charge is 2.21. The van der Waals surface area contributed by atoms with Crippen LogP contribution in [0.5, 0.6) is 0 Å². The van der Waals surface area contributed by atoms with Crippen molar-refractivity contribution in [3.05, 3.63) is 35.9 Å². The number of hydrogen-bond acceptors (Lipinski definition) is 5. The Kier molecular flexibility index (Phi) is 6.38. The summed E-state index contributed by atoms with van der Waals surface area (Å²) in [6, 6.07) is 8.26. The lowest BCUT2D eigenvalue weighted by molar-refractivity contribution is -0.143. The van der Waals surface area contributed by atoms with Crippen LogP contribution in [0.1, 0.15) is 12.0 Å². The third-order valence-corrected chi connectivity index (χ3v) is 2.41. The van der Waals surface area contributed by atoms with E-state index in [0.29, 0.717) is 0 Å². The molecule has 0 aromatic heterocycles. The van der Waals surface area contributed by atoms with Crippen LogP contribution in [0.4, 0.5) is 4.79 Å². The summed E-state index contributed by atoms with van der Waals surface area (Å²) in [7, 11) is 1.21. The molecule has 1 aromatic rings. The number of aliphatic hydroxyl groups is 1. The predicted molar refractivity (Wildman–Crippen MR) is 67.3 cm³/mol. The van der Waals surface area contributed by atoms with Gasteiger partial charge in [0.1, 0.15) is 12.6 Å². The Bertz CT molecular complexity index is 407. The highest BCUT2D eigenvalue weighted by atomic mass is 16.6. The number of nitrogens with one attached hydrogen (secondary N) is 1. The van der Waals surface area contributed by atoms with Crippen molar-refractivity contribution in [1.29, 1.82) is 0 Å². The van der Waals surface area contributed by atoms with Gasteiger partial charge in [-0.2, -0.15) is 0 Å². The summed E-state index contributed by atoms with van der Waals surface area (Å²) >= 11 is 0. The van der Waals surface area contributed by atoms with Crippen molar-refractivity contribution in [2.24, 2.45) is 0 Å². The molecule has 6 heteroatoms. The molecule has 0 aliphatic carbocycles. The van der Waals surface area contributed by atoms with Crippen LogP contribution in [-0.4, -0.2) is 36.9 Å². The number of benzene rings is 1. The van der Waals surface area contributed by atoms with Gasteiger partial charge in [0, 0.05) is 13.0 Å². The normalized spacial score (nSPS) is 11.5. The first-order valence-electron chi connectivity index (χ1n) is 5.83. The van der Waals surface area contributed by atoms with Crippen LogP contribution in [0.25, 0.3) is 0 Å². The quantitative estimate of drug-likeness (QED) is 0.746. The molecule has 1 aromatic carbocycles. The molecule has 0 heterocycles. The number of aliphatic hydroxyl groups excluding tert-OH is 1. The Balaban J connectivity index is 2.42. The summed E-state index contributed by atoms with van der Waals surface area (Å²) in [5.74, 6) is -0.620. The molecule has 104 valence electrons. The monoisotopic (exact) mass is 267 g/mol. The van der Waals surface area contributed by atoms with Gasteiger partial charge in [-0.05, 0) is 5.56 Å². The van der Waals surface area contributed by atoms with E-state index < -0.39 is 18.1 Å². The molecule has 6 nitrogen and oxygen atoms in total. The first-order chi connectivity index (χ1) is 9.17. The average molecular weight is 267 g/mol. The molecule has 0 bridgehead atoms. The number of hydrogen-bond donors (Lipinski definition) is 2. The molecule has 0 fully saturated rings. The van der Waals surface area contributed by atoms with E-state index in [-0.39, 0.29) is 19.6 Å². The average Bonchev–Trinajstić information content (AvgIpc) is 2.45. The molecule has 0 spiro atoms. The second kappa shape index (κ2) is 8.10. The van der Waals surface area contributed by atoms with Crippen LogP contribution >= 0.6 is 0 Å². The smallest absolute Gasteiger partial charge is 0.408 e. The lowest BCUT2D eigenvalue weighted by Crippen LogP contribution is -2.42. The molecule has 0 saturated carbocycles. The molecular weight excluding hydrogens is 250 g/mol. The summed E-state index contributed by atoms with van der Waals surface area (Å²) in [4.78, 5) is 22.8. The fourth-order valence-electron chi connectivity index (χ4n) is 1.43. The van der Waals surface area contributed by atoms with Gasteiger partial charge < -0.3 is 19.9 Å². The molecule has 2 N–H and O–H groups in total. The van der Waals surface area contributed by atoms with Gasteiger partial charge in [-0.25, -0.2) is 9.59 Å². The van der Waals surface area contributed by atoms with E-state index in [2.05, 4.69) is 10.1 Å². The van der Waals surface area contributed by atoms with Crippen LogP contribution < -0.4 is 5.32 Å². The lowest BCUT2D eigenvalue weighted by atomic mass is 10.2. The Morgan fingerprint density at radius 2 is 2.00 bits per heavy atom. The fourth-order valence-corrected chi connectivity index (χ4v) is 1.43. The summed E-state index contributed by atoms with van der Waals surface area (Å²) < 4.78 is 9.47. The fraction of sp³-hybridized carbons (Fsp3) is 0.385. The first kappa shape index (κ1) is 15.0. The highest BCUT2D eigenvalue weighted by Crippen LogP contribution is 2.01. The number of esters is 1. The van der Waals surface area contributed by atoms with Gasteiger partial charge in [-0.1, -0.05) is 30.3 Å². The number of rotatable bonds is 6.